The van der Waals surface area contributed by atoms with Crippen LogP contribution in [-0.2, 0) is 4.79 Å². The molecule has 146 valence electrons. The van der Waals surface area contributed by atoms with E-state index in [1.807, 2.05) is 24.3 Å². The number of esters is 1. The first-order valence-electron chi connectivity index (χ1n) is 8.68. The van der Waals surface area contributed by atoms with Crippen molar-refractivity contribution >= 4 is 34.0 Å². The molecule has 0 aliphatic rings. The molecule has 0 unspecified atom stereocenters. The standard InChI is InChI=1S/C22H17BrN2O4/c23-20-9-5-4-8-19(20)22(27)29-18-12-10-16(11-13-18)14-24-25-21(26)15-28-17-6-2-1-3-7-17/h1-14H,15H2,(H,25,26). The molecule has 6 nitrogen and oxygen atoms in total. The summed E-state index contributed by atoms with van der Waals surface area (Å²) < 4.78 is 11.4. The Kier molecular flexibility index (Phi) is 7.13. The van der Waals surface area contributed by atoms with Gasteiger partial charge in [-0.25, -0.2) is 10.2 Å². The van der Waals surface area contributed by atoms with E-state index in [-0.39, 0.29) is 12.5 Å². The molecule has 0 aliphatic heterocycles. The highest BCUT2D eigenvalue weighted by Crippen LogP contribution is 2.19. The zero-order chi connectivity index (χ0) is 20.5. The smallest absolute Gasteiger partial charge is 0.344 e. The van der Waals surface area contributed by atoms with Crippen LogP contribution in [0.15, 0.2) is 88.4 Å². The van der Waals surface area contributed by atoms with Crippen LogP contribution in [0.4, 0.5) is 0 Å². The van der Waals surface area contributed by atoms with E-state index in [0.29, 0.717) is 21.5 Å². The quantitative estimate of drug-likeness (QED) is 0.252. The maximum absolute atomic E-state index is 12.2. The van der Waals surface area contributed by atoms with Gasteiger partial charge in [-0.2, -0.15) is 5.10 Å². The van der Waals surface area contributed by atoms with Gasteiger partial charge < -0.3 is 9.47 Å². The SMILES string of the molecule is O=C(COc1ccccc1)NN=Cc1ccc(OC(=O)c2ccccc2Br)cc1. The number of nitrogens with one attached hydrogen (secondary N) is 1. The molecule has 0 heterocycles. The van der Waals surface area contributed by atoms with E-state index in [1.165, 1.54) is 6.21 Å². The number of amides is 1. The van der Waals surface area contributed by atoms with E-state index < -0.39 is 5.97 Å². The highest BCUT2D eigenvalue weighted by atomic mass is 79.9. The predicted octanol–water partition coefficient (Wildman–Crippen LogP) is 4.20. The molecule has 0 aliphatic carbocycles. The number of para-hydroxylation sites is 1. The van der Waals surface area contributed by atoms with Crippen molar-refractivity contribution in [1.82, 2.24) is 5.43 Å². The van der Waals surface area contributed by atoms with Crippen LogP contribution in [-0.4, -0.2) is 24.7 Å². The number of benzene rings is 3. The lowest BCUT2D eigenvalue weighted by Gasteiger charge is -2.06. The maximum Gasteiger partial charge on any atom is 0.344 e. The third-order valence-corrected chi connectivity index (χ3v) is 4.39. The molecule has 0 saturated heterocycles. The summed E-state index contributed by atoms with van der Waals surface area (Å²) in [6.45, 7) is -0.134. The van der Waals surface area contributed by atoms with Gasteiger partial charge in [0.1, 0.15) is 11.5 Å². The fourth-order valence-corrected chi connectivity index (χ4v) is 2.73. The van der Waals surface area contributed by atoms with Gasteiger partial charge in [0.15, 0.2) is 6.61 Å². The van der Waals surface area contributed by atoms with Crippen molar-refractivity contribution in [2.45, 2.75) is 0 Å². The van der Waals surface area contributed by atoms with Crippen LogP contribution < -0.4 is 14.9 Å². The molecule has 0 atom stereocenters. The van der Waals surface area contributed by atoms with Crippen LogP contribution >= 0.6 is 15.9 Å². The number of rotatable bonds is 7. The van der Waals surface area contributed by atoms with Crippen LogP contribution in [0.25, 0.3) is 0 Å². The summed E-state index contributed by atoms with van der Waals surface area (Å²) in [7, 11) is 0. The number of hydrazone groups is 1. The second-order valence-electron chi connectivity index (χ2n) is 5.83. The number of ether oxygens (including phenoxy) is 2. The van der Waals surface area contributed by atoms with Crippen molar-refractivity contribution in [3.63, 3.8) is 0 Å². The van der Waals surface area contributed by atoms with Crippen molar-refractivity contribution < 1.29 is 19.1 Å². The summed E-state index contributed by atoms with van der Waals surface area (Å²) >= 11 is 3.32. The van der Waals surface area contributed by atoms with Crippen LogP contribution in [0.3, 0.4) is 0 Å². The molecule has 1 amide bonds. The molecule has 0 spiro atoms. The third-order valence-electron chi connectivity index (χ3n) is 3.70. The number of carbonyl (C=O) groups is 2. The minimum absolute atomic E-state index is 0.134. The second kappa shape index (κ2) is 10.2. The van der Waals surface area contributed by atoms with Crippen molar-refractivity contribution in [3.05, 3.63) is 94.5 Å². The second-order valence-corrected chi connectivity index (χ2v) is 6.69. The average Bonchev–Trinajstić information content (AvgIpc) is 2.74. The first kappa shape index (κ1) is 20.3. The number of nitrogens with zero attached hydrogens (tertiary/aromatic N) is 1. The van der Waals surface area contributed by atoms with Gasteiger partial charge in [0.25, 0.3) is 5.91 Å². The molecular formula is C22H17BrN2O4. The summed E-state index contributed by atoms with van der Waals surface area (Å²) in [6.07, 6.45) is 1.49. The summed E-state index contributed by atoms with van der Waals surface area (Å²) in [5, 5.41) is 3.89. The van der Waals surface area contributed by atoms with Crippen LogP contribution in [0.2, 0.25) is 0 Å². The number of carbonyl (C=O) groups excluding carboxylic acids is 2. The molecule has 29 heavy (non-hydrogen) atoms. The fourth-order valence-electron chi connectivity index (χ4n) is 2.29. The van der Waals surface area contributed by atoms with E-state index in [9.17, 15) is 9.59 Å². The van der Waals surface area contributed by atoms with Crippen molar-refractivity contribution in [3.8, 4) is 11.5 Å². The van der Waals surface area contributed by atoms with E-state index in [1.54, 1.807) is 54.6 Å². The van der Waals surface area contributed by atoms with Gasteiger partial charge in [-0.3, -0.25) is 4.79 Å². The Balaban J connectivity index is 1.48. The topological polar surface area (TPSA) is 77.0 Å². The zero-order valence-electron chi connectivity index (χ0n) is 15.2. The molecule has 3 aromatic rings. The maximum atomic E-state index is 12.2. The zero-order valence-corrected chi connectivity index (χ0v) is 16.8. The molecule has 0 radical (unpaired) electrons. The predicted molar refractivity (Wildman–Crippen MR) is 113 cm³/mol. The van der Waals surface area contributed by atoms with E-state index in [0.717, 1.165) is 5.56 Å². The molecule has 1 N–H and O–H groups in total. The van der Waals surface area contributed by atoms with Gasteiger partial charge in [-0.1, -0.05) is 30.3 Å². The summed E-state index contributed by atoms with van der Waals surface area (Å²) in [4.78, 5) is 23.9. The van der Waals surface area contributed by atoms with E-state index in [4.69, 9.17) is 9.47 Å². The largest absolute Gasteiger partial charge is 0.484 e. The van der Waals surface area contributed by atoms with Gasteiger partial charge in [0, 0.05) is 4.47 Å². The summed E-state index contributed by atoms with van der Waals surface area (Å²) in [5.41, 5.74) is 3.57. The highest BCUT2D eigenvalue weighted by molar-refractivity contribution is 9.10. The monoisotopic (exact) mass is 452 g/mol. The summed E-state index contributed by atoms with van der Waals surface area (Å²) in [6, 6.07) is 22.8. The Morgan fingerprint density at radius 3 is 2.31 bits per heavy atom. The Bertz CT molecular complexity index is 1000. The van der Waals surface area contributed by atoms with Crippen molar-refractivity contribution in [1.29, 1.82) is 0 Å². The Hall–Kier alpha value is -3.45. The highest BCUT2D eigenvalue weighted by Gasteiger charge is 2.11. The van der Waals surface area contributed by atoms with Crippen molar-refractivity contribution in [2.75, 3.05) is 6.61 Å². The molecule has 0 aromatic heterocycles. The average molecular weight is 453 g/mol. The number of hydrogen-bond acceptors (Lipinski definition) is 5. The first-order valence-corrected chi connectivity index (χ1v) is 9.47. The van der Waals surface area contributed by atoms with Crippen molar-refractivity contribution in [2.24, 2.45) is 5.10 Å². The van der Waals surface area contributed by atoms with Gasteiger partial charge in [-0.05, 0) is 70.0 Å². The molecule has 0 fully saturated rings. The van der Waals surface area contributed by atoms with E-state index in [2.05, 4.69) is 26.5 Å². The number of hydrogen-bond donors (Lipinski definition) is 1. The van der Waals surface area contributed by atoms with Gasteiger partial charge in [-0.15, -0.1) is 0 Å². The molecule has 3 aromatic carbocycles. The molecule has 0 saturated carbocycles. The molecule has 7 heteroatoms. The van der Waals surface area contributed by atoms with Crippen LogP contribution in [0.1, 0.15) is 15.9 Å². The molecule has 0 bridgehead atoms. The van der Waals surface area contributed by atoms with Crippen LogP contribution in [0, 0.1) is 0 Å². The lowest BCUT2D eigenvalue weighted by atomic mass is 10.2. The molecular weight excluding hydrogens is 436 g/mol. The van der Waals surface area contributed by atoms with Crippen LogP contribution in [0.5, 0.6) is 11.5 Å². The Morgan fingerprint density at radius 1 is 0.897 bits per heavy atom. The minimum Gasteiger partial charge on any atom is -0.484 e. The lowest BCUT2D eigenvalue weighted by Crippen LogP contribution is -2.24. The normalized spacial score (nSPS) is 10.5. The minimum atomic E-state index is -0.454. The number of halogens is 1. The molecule has 3 rings (SSSR count). The van der Waals surface area contributed by atoms with Gasteiger partial charge >= 0.3 is 5.97 Å². The first-order chi connectivity index (χ1) is 14.1. The fraction of sp³-hybridized carbons (Fsp3) is 0.0455. The van der Waals surface area contributed by atoms with Gasteiger partial charge in [0.2, 0.25) is 0 Å². The van der Waals surface area contributed by atoms with Gasteiger partial charge in [0.05, 0.1) is 11.8 Å². The Morgan fingerprint density at radius 2 is 1.59 bits per heavy atom. The lowest BCUT2D eigenvalue weighted by molar-refractivity contribution is -0.123. The third kappa shape index (κ3) is 6.29. The summed E-state index contributed by atoms with van der Waals surface area (Å²) in [5.74, 6) is 0.191. The van der Waals surface area contributed by atoms with E-state index >= 15 is 0 Å². The Labute approximate surface area is 176 Å².